The van der Waals surface area contributed by atoms with Crippen LogP contribution in [0, 0.1) is 0 Å². The Balaban J connectivity index is 0.00000128. The molecule has 0 spiro atoms. The molecule has 0 radical (unpaired) electrons. The van der Waals surface area contributed by atoms with Gasteiger partial charge in [-0.1, -0.05) is 29.8 Å². The summed E-state index contributed by atoms with van der Waals surface area (Å²) in [6.45, 7) is 0.710. The van der Waals surface area contributed by atoms with Crippen molar-refractivity contribution in [3.63, 3.8) is 0 Å². The molecule has 0 saturated heterocycles. The van der Waals surface area contributed by atoms with Gasteiger partial charge in [-0.3, -0.25) is 0 Å². The van der Waals surface area contributed by atoms with Crippen molar-refractivity contribution >= 4 is 35.6 Å². The van der Waals surface area contributed by atoms with E-state index in [-0.39, 0.29) is 12.4 Å². The van der Waals surface area contributed by atoms with Crippen molar-refractivity contribution in [2.24, 2.45) is 0 Å². The lowest BCUT2D eigenvalue weighted by Crippen LogP contribution is -2.02. The molecule has 0 aliphatic heterocycles. The Morgan fingerprint density at radius 3 is 2.69 bits per heavy atom. The fourth-order valence-electron chi connectivity index (χ4n) is 1.41. The third kappa shape index (κ3) is 2.91. The van der Waals surface area contributed by atoms with E-state index in [0.717, 1.165) is 16.3 Å². The van der Waals surface area contributed by atoms with E-state index in [2.05, 4.69) is 4.98 Å². The standard InChI is InChI=1S/C11H10Cl2N2.ClH/c12-5-10-6-14-8-15(10)7-9-3-1-2-4-11(9)13;/h1-4,6,8H,5,7H2;1H. The first-order valence-electron chi connectivity index (χ1n) is 4.59. The summed E-state index contributed by atoms with van der Waals surface area (Å²) >= 11 is 11.9. The van der Waals surface area contributed by atoms with Crippen LogP contribution in [-0.2, 0) is 12.4 Å². The molecule has 0 N–H and O–H groups in total. The summed E-state index contributed by atoms with van der Waals surface area (Å²) in [7, 11) is 0. The van der Waals surface area contributed by atoms with Crippen molar-refractivity contribution < 1.29 is 0 Å². The molecule has 1 aromatic heterocycles. The van der Waals surface area contributed by atoms with Crippen molar-refractivity contribution in [3.8, 4) is 0 Å². The molecule has 5 heteroatoms. The topological polar surface area (TPSA) is 17.8 Å². The summed E-state index contributed by atoms with van der Waals surface area (Å²) in [6, 6.07) is 7.77. The van der Waals surface area contributed by atoms with Gasteiger partial charge in [0, 0.05) is 11.2 Å². The van der Waals surface area contributed by atoms with E-state index in [4.69, 9.17) is 23.2 Å². The normalized spacial score (nSPS) is 9.88. The molecule has 0 atom stereocenters. The lowest BCUT2D eigenvalue weighted by atomic mass is 10.2. The first-order valence-corrected chi connectivity index (χ1v) is 5.51. The zero-order chi connectivity index (χ0) is 10.7. The molecule has 0 fully saturated rings. The van der Waals surface area contributed by atoms with Gasteiger partial charge in [0.05, 0.1) is 24.4 Å². The Hall–Kier alpha value is -0.700. The molecular formula is C11H11Cl3N2. The highest BCUT2D eigenvalue weighted by atomic mass is 35.5. The number of rotatable bonds is 3. The summed E-state index contributed by atoms with van der Waals surface area (Å²) in [6.07, 6.45) is 3.53. The highest BCUT2D eigenvalue weighted by molar-refractivity contribution is 6.31. The number of imidazole rings is 1. The number of aromatic nitrogens is 2. The van der Waals surface area contributed by atoms with Crippen molar-refractivity contribution in [2.45, 2.75) is 12.4 Å². The monoisotopic (exact) mass is 276 g/mol. The molecule has 0 aliphatic carbocycles. The molecule has 2 nitrogen and oxygen atoms in total. The Morgan fingerprint density at radius 2 is 2.00 bits per heavy atom. The van der Waals surface area contributed by atoms with Gasteiger partial charge in [0.25, 0.3) is 0 Å². The Labute approximate surface area is 111 Å². The second kappa shape index (κ2) is 6.14. The average Bonchev–Trinajstić information content (AvgIpc) is 2.69. The minimum absolute atomic E-state index is 0. The Kier molecular flexibility index (Phi) is 5.13. The molecule has 1 aromatic carbocycles. The van der Waals surface area contributed by atoms with E-state index in [1.165, 1.54) is 0 Å². The third-order valence-corrected chi connectivity index (χ3v) is 2.88. The molecule has 0 bridgehead atoms. The van der Waals surface area contributed by atoms with Gasteiger partial charge in [0.15, 0.2) is 0 Å². The van der Waals surface area contributed by atoms with Crippen LogP contribution in [0.4, 0.5) is 0 Å². The molecule has 16 heavy (non-hydrogen) atoms. The van der Waals surface area contributed by atoms with Crippen molar-refractivity contribution in [3.05, 3.63) is 53.1 Å². The molecule has 86 valence electrons. The van der Waals surface area contributed by atoms with E-state index < -0.39 is 0 Å². The van der Waals surface area contributed by atoms with E-state index in [0.29, 0.717) is 12.4 Å². The summed E-state index contributed by atoms with van der Waals surface area (Å²) in [5.41, 5.74) is 2.07. The van der Waals surface area contributed by atoms with Crippen LogP contribution in [-0.4, -0.2) is 9.55 Å². The van der Waals surface area contributed by atoms with E-state index >= 15 is 0 Å². The van der Waals surface area contributed by atoms with Crippen LogP contribution in [0.3, 0.4) is 0 Å². The van der Waals surface area contributed by atoms with Crippen LogP contribution in [0.5, 0.6) is 0 Å². The smallest absolute Gasteiger partial charge is 0.0951 e. The zero-order valence-corrected chi connectivity index (χ0v) is 10.8. The fraction of sp³-hybridized carbons (Fsp3) is 0.182. The van der Waals surface area contributed by atoms with Crippen LogP contribution >= 0.6 is 35.6 Å². The summed E-state index contributed by atoms with van der Waals surface area (Å²) in [4.78, 5) is 4.05. The van der Waals surface area contributed by atoms with Gasteiger partial charge in [0.2, 0.25) is 0 Å². The summed E-state index contributed by atoms with van der Waals surface area (Å²) < 4.78 is 1.99. The summed E-state index contributed by atoms with van der Waals surface area (Å²) in [5, 5.41) is 0.770. The van der Waals surface area contributed by atoms with Gasteiger partial charge in [-0.25, -0.2) is 4.98 Å². The van der Waals surface area contributed by atoms with Gasteiger partial charge in [-0.15, -0.1) is 24.0 Å². The first kappa shape index (κ1) is 13.4. The number of hydrogen-bond donors (Lipinski definition) is 0. The van der Waals surface area contributed by atoms with Gasteiger partial charge >= 0.3 is 0 Å². The quantitative estimate of drug-likeness (QED) is 0.781. The second-order valence-corrected chi connectivity index (χ2v) is 3.91. The Bertz CT molecular complexity index is 454. The predicted octanol–water partition coefficient (Wildman–Crippen LogP) is 3.75. The number of hydrogen-bond acceptors (Lipinski definition) is 1. The third-order valence-electron chi connectivity index (χ3n) is 2.23. The maximum absolute atomic E-state index is 6.07. The first-order chi connectivity index (χ1) is 7.31. The zero-order valence-electron chi connectivity index (χ0n) is 8.44. The van der Waals surface area contributed by atoms with Gasteiger partial charge in [0.1, 0.15) is 0 Å². The number of benzene rings is 1. The second-order valence-electron chi connectivity index (χ2n) is 3.24. The van der Waals surface area contributed by atoms with Gasteiger partial charge in [-0.2, -0.15) is 0 Å². The van der Waals surface area contributed by atoms with Crippen molar-refractivity contribution in [1.29, 1.82) is 0 Å². The molecule has 0 amide bonds. The fourth-order valence-corrected chi connectivity index (χ4v) is 1.83. The predicted molar refractivity (Wildman–Crippen MR) is 69.6 cm³/mol. The largest absolute Gasteiger partial charge is 0.329 e. The SMILES string of the molecule is Cl.ClCc1cncn1Cc1ccccc1Cl. The highest BCUT2D eigenvalue weighted by Crippen LogP contribution is 2.17. The summed E-state index contributed by atoms with van der Waals surface area (Å²) in [5.74, 6) is 0.463. The maximum atomic E-state index is 6.07. The minimum Gasteiger partial charge on any atom is -0.329 e. The molecule has 1 heterocycles. The number of halogens is 3. The van der Waals surface area contributed by atoms with Gasteiger partial charge in [-0.05, 0) is 11.6 Å². The molecule has 0 aliphatic rings. The number of alkyl halides is 1. The maximum Gasteiger partial charge on any atom is 0.0951 e. The molecule has 0 saturated carbocycles. The molecule has 2 aromatic rings. The van der Waals surface area contributed by atoms with Crippen LogP contribution < -0.4 is 0 Å². The number of nitrogens with zero attached hydrogens (tertiary/aromatic N) is 2. The lowest BCUT2D eigenvalue weighted by molar-refractivity contribution is 0.765. The van der Waals surface area contributed by atoms with Crippen LogP contribution in [0.15, 0.2) is 36.8 Å². The van der Waals surface area contributed by atoms with Crippen LogP contribution in [0.1, 0.15) is 11.3 Å². The lowest BCUT2D eigenvalue weighted by Gasteiger charge is -2.07. The molecule has 2 rings (SSSR count). The van der Waals surface area contributed by atoms with Crippen LogP contribution in [0.2, 0.25) is 5.02 Å². The molecular weight excluding hydrogens is 266 g/mol. The van der Waals surface area contributed by atoms with E-state index in [1.54, 1.807) is 12.5 Å². The van der Waals surface area contributed by atoms with Crippen molar-refractivity contribution in [2.75, 3.05) is 0 Å². The molecule has 0 unspecified atom stereocenters. The highest BCUT2D eigenvalue weighted by Gasteiger charge is 2.03. The van der Waals surface area contributed by atoms with E-state index in [9.17, 15) is 0 Å². The van der Waals surface area contributed by atoms with Crippen LogP contribution in [0.25, 0.3) is 0 Å². The van der Waals surface area contributed by atoms with Crippen molar-refractivity contribution in [1.82, 2.24) is 9.55 Å². The Morgan fingerprint density at radius 1 is 1.25 bits per heavy atom. The van der Waals surface area contributed by atoms with E-state index in [1.807, 2.05) is 28.8 Å². The minimum atomic E-state index is 0. The van der Waals surface area contributed by atoms with Gasteiger partial charge < -0.3 is 4.57 Å². The average molecular weight is 278 g/mol.